The van der Waals surface area contributed by atoms with Crippen LogP contribution in [0.1, 0.15) is 34.6 Å². The Morgan fingerprint density at radius 2 is 0.436 bits per heavy atom. The van der Waals surface area contributed by atoms with E-state index in [1.807, 2.05) is 126 Å². The molecule has 0 aliphatic heterocycles. The average Bonchev–Trinajstić information content (AvgIpc) is 3.56. The minimum Gasteiger partial charge on any atom is -0.492 e. The Balaban J connectivity index is 1.09. The van der Waals surface area contributed by atoms with Crippen molar-refractivity contribution in [2.24, 2.45) is 0 Å². The summed E-state index contributed by atoms with van der Waals surface area (Å²) in [7, 11) is 0. The van der Waals surface area contributed by atoms with Crippen LogP contribution in [-0.4, -0.2) is 33.0 Å². The molecule has 8 nitrogen and oxygen atoms in total. The molecule has 0 radical (unpaired) electrons. The maximum atomic E-state index is 6.24. The predicted molar refractivity (Wildman–Crippen MR) is 323 cm³/mol. The molecule has 10 aromatic rings. The van der Waals surface area contributed by atoms with Gasteiger partial charge in [-0.2, -0.15) is 0 Å². The van der Waals surface area contributed by atoms with Crippen molar-refractivity contribution < 1.29 is 23.7 Å². The summed E-state index contributed by atoms with van der Waals surface area (Å²) in [5.74, 6) is 3.97. The number of nitrogens with zero attached hydrogens (tertiary/aromatic N) is 3. The molecule has 0 N–H and O–H groups in total. The van der Waals surface area contributed by atoms with Crippen molar-refractivity contribution in [2.75, 3.05) is 47.7 Å². The zero-order valence-electron chi connectivity index (χ0n) is 45.0. The Morgan fingerprint density at radius 1 is 0.218 bits per heavy atom. The van der Waals surface area contributed by atoms with Crippen molar-refractivity contribution in [2.45, 2.75) is 34.6 Å². The number of hydrogen-bond acceptors (Lipinski definition) is 8. The summed E-state index contributed by atoms with van der Waals surface area (Å²) < 4.78 is 31.1. The molecule has 0 saturated heterocycles. The fourth-order valence-corrected chi connectivity index (χ4v) is 9.95. The summed E-state index contributed by atoms with van der Waals surface area (Å²) in [6.45, 7) is 12.8. The van der Waals surface area contributed by atoms with E-state index in [1.165, 1.54) is 0 Å². The Kier molecular flexibility index (Phi) is 16.7. The van der Waals surface area contributed by atoms with Crippen LogP contribution in [0.4, 0.5) is 51.2 Å². The van der Waals surface area contributed by atoms with Crippen LogP contribution < -0.4 is 38.4 Å². The quantitative estimate of drug-likeness (QED) is 0.0666. The molecule has 0 atom stereocenters. The van der Waals surface area contributed by atoms with Gasteiger partial charge in [0, 0.05) is 22.7 Å². The van der Waals surface area contributed by atoms with Gasteiger partial charge in [-0.25, -0.2) is 0 Å². The van der Waals surface area contributed by atoms with Crippen LogP contribution in [0.25, 0.3) is 33.4 Å². The normalized spacial score (nSPS) is 10.9. The third kappa shape index (κ3) is 11.4. The summed E-state index contributed by atoms with van der Waals surface area (Å²) in [5, 5.41) is 0. The smallest absolute Gasteiger partial charge is 0.143 e. The molecular formula is C70H65N3O5. The molecule has 0 unspecified atom stereocenters. The van der Waals surface area contributed by atoms with E-state index in [9.17, 15) is 0 Å². The molecule has 8 heteroatoms. The van der Waals surface area contributed by atoms with Crippen LogP contribution in [0.3, 0.4) is 0 Å². The Hall–Kier alpha value is -9.40. The zero-order valence-corrected chi connectivity index (χ0v) is 45.0. The Labute approximate surface area is 459 Å². The van der Waals surface area contributed by atoms with Gasteiger partial charge in [0.25, 0.3) is 0 Å². The van der Waals surface area contributed by atoms with E-state index in [-0.39, 0.29) is 0 Å². The molecular weight excluding hydrogens is 963 g/mol. The van der Waals surface area contributed by atoms with Crippen molar-refractivity contribution in [1.29, 1.82) is 0 Å². The molecule has 0 aromatic heterocycles. The second kappa shape index (κ2) is 25.0. The summed E-state index contributed by atoms with van der Waals surface area (Å²) in [6, 6.07) is 84.7. The maximum absolute atomic E-state index is 6.24. The number of benzene rings is 10. The SMILES string of the molecule is CCOc1ccccc1N(c1ccccc1)c1ccc(-c2cc(-c3ccc(N(c4ccccc4OCC)c4ccccc4OCC)cc3)cc(-c3ccc(N(c4ccccc4OCC)c4ccccc4OCC)cc3)c2)cc1. The Morgan fingerprint density at radius 3 is 0.705 bits per heavy atom. The molecule has 0 amide bonds. The minimum atomic E-state index is 0.538. The second-order valence-electron chi connectivity index (χ2n) is 18.3. The highest BCUT2D eigenvalue weighted by Gasteiger charge is 2.23. The molecule has 0 spiro atoms. The largest absolute Gasteiger partial charge is 0.492 e. The molecule has 78 heavy (non-hydrogen) atoms. The van der Waals surface area contributed by atoms with E-state index in [4.69, 9.17) is 23.7 Å². The van der Waals surface area contributed by atoms with Gasteiger partial charge in [-0.05, 0) is 195 Å². The van der Waals surface area contributed by atoms with Gasteiger partial charge in [-0.3, -0.25) is 0 Å². The number of rotatable bonds is 22. The van der Waals surface area contributed by atoms with Gasteiger partial charge in [0.1, 0.15) is 28.7 Å². The number of anilines is 9. The molecule has 0 fully saturated rings. The van der Waals surface area contributed by atoms with E-state index in [1.54, 1.807) is 0 Å². The van der Waals surface area contributed by atoms with Crippen molar-refractivity contribution in [1.82, 2.24) is 0 Å². The molecule has 10 rings (SSSR count). The highest BCUT2D eigenvalue weighted by molar-refractivity contribution is 5.89. The third-order valence-electron chi connectivity index (χ3n) is 13.4. The molecule has 0 aliphatic rings. The second-order valence-corrected chi connectivity index (χ2v) is 18.3. The van der Waals surface area contributed by atoms with E-state index < -0.39 is 0 Å². The van der Waals surface area contributed by atoms with Crippen LogP contribution in [-0.2, 0) is 0 Å². The lowest BCUT2D eigenvalue weighted by Crippen LogP contribution is -2.13. The first-order chi connectivity index (χ1) is 38.5. The minimum absolute atomic E-state index is 0.538. The number of hydrogen-bond donors (Lipinski definition) is 0. The predicted octanol–water partition coefficient (Wildman–Crippen LogP) is 19.1. The lowest BCUT2D eigenvalue weighted by molar-refractivity contribution is 0.338. The monoisotopic (exact) mass is 1030 g/mol. The third-order valence-corrected chi connectivity index (χ3v) is 13.4. The lowest BCUT2D eigenvalue weighted by atomic mass is 9.93. The van der Waals surface area contributed by atoms with Gasteiger partial charge in [-0.1, -0.05) is 115 Å². The molecule has 390 valence electrons. The molecule has 0 heterocycles. The molecule has 0 bridgehead atoms. The Bertz CT molecular complexity index is 3280. The van der Waals surface area contributed by atoms with Gasteiger partial charge in [-0.15, -0.1) is 0 Å². The van der Waals surface area contributed by atoms with Gasteiger partial charge >= 0.3 is 0 Å². The van der Waals surface area contributed by atoms with Gasteiger partial charge in [0.05, 0.1) is 61.5 Å². The zero-order chi connectivity index (χ0) is 53.6. The molecule has 10 aromatic carbocycles. The van der Waals surface area contributed by atoms with Crippen molar-refractivity contribution in [3.63, 3.8) is 0 Å². The first-order valence-corrected chi connectivity index (χ1v) is 27.0. The summed E-state index contributed by atoms with van der Waals surface area (Å²) in [4.78, 5) is 6.70. The fourth-order valence-electron chi connectivity index (χ4n) is 9.95. The first-order valence-electron chi connectivity index (χ1n) is 27.0. The van der Waals surface area contributed by atoms with Crippen molar-refractivity contribution in [3.8, 4) is 62.1 Å². The lowest BCUT2D eigenvalue weighted by Gasteiger charge is -2.29. The van der Waals surface area contributed by atoms with Crippen molar-refractivity contribution in [3.05, 3.63) is 243 Å². The maximum Gasteiger partial charge on any atom is 0.143 e. The van der Waals surface area contributed by atoms with Gasteiger partial charge in [0.2, 0.25) is 0 Å². The average molecular weight is 1030 g/mol. The van der Waals surface area contributed by atoms with E-state index >= 15 is 0 Å². The van der Waals surface area contributed by atoms with Crippen LogP contribution in [0.5, 0.6) is 28.7 Å². The number of para-hydroxylation sites is 11. The van der Waals surface area contributed by atoms with Crippen LogP contribution in [0, 0.1) is 0 Å². The number of ether oxygens (including phenoxy) is 5. The van der Waals surface area contributed by atoms with E-state index in [2.05, 4.69) is 166 Å². The van der Waals surface area contributed by atoms with E-state index in [0.29, 0.717) is 33.0 Å². The first kappa shape index (κ1) is 52.1. The highest BCUT2D eigenvalue weighted by atomic mass is 16.5. The van der Waals surface area contributed by atoms with Crippen LogP contribution in [0.15, 0.2) is 243 Å². The van der Waals surface area contributed by atoms with Crippen molar-refractivity contribution >= 4 is 51.2 Å². The molecule has 0 saturated carbocycles. The van der Waals surface area contributed by atoms with E-state index in [0.717, 1.165) is 113 Å². The van der Waals surface area contributed by atoms with Gasteiger partial charge < -0.3 is 38.4 Å². The molecule has 0 aliphatic carbocycles. The summed E-state index contributed by atoms with van der Waals surface area (Å²) in [5.41, 5.74) is 15.1. The summed E-state index contributed by atoms with van der Waals surface area (Å²) in [6.07, 6.45) is 0. The summed E-state index contributed by atoms with van der Waals surface area (Å²) >= 11 is 0. The standard InChI is InChI=1S/C70H65N3O5/c1-6-74-66-31-19-14-26-61(66)71(57-24-12-11-13-25-57)58-42-36-51(37-43-58)54-48-55(52-38-44-59(45-39-52)72(62-27-15-20-32-67(62)75-7-2)63-28-16-21-33-68(63)76-8-3)50-56(49-54)53-40-46-60(47-41-53)73(64-29-17-22-34-69(64)77-9-4)65-30-18-23-35-70(65)78-10-5/h11-50H,6-10H2,1-5H3. The van der Waals surface area contributed by atoms with Crippen LogP contribution in [0.2, 0.25) is 0 Å². The fraction of sp³-hybridized carbons (Fsp3) is 0.143. The topological polar surface area (TPSA) is 55.9 Å². The highest BCUT2D eigenvalue weighted by Crippen LogP contribution is 2.47. The van der Waals surface area contributed by atoms with Crippen LogP contribution >= 0.6 is 0 Å². The van der Waals surface area contributed by atoms with Gasteiger partial charge in [0.15, 0.2) is 0 Å².